The molecule has 0 aromatic rings. The van der Waals surface area contributed by atoms with Gasteiger partial charge in [0.1, 0.15) is 0 Å². The van der Waals surface area contributed by atoms with Crippen molar-refractivity contribution in [3.05, 3.63) is 0 Å². The molecule has 1 unspecified atom stereocenters. The predicted molar refractivity (Wildman–Crippen MR) is 69.4 cm³/mol. The largest absolute Gasteiger partial charge is 1.00 e. The average Bonchev–Trinajstić information content (AvgIpc) is 2.64. The minimum atomic E-state index is -9.14. The van der Waals surface area contributed by atoms with E-state index < -0.39 is 75.3 Å². The van der Waals surface area contributed by atoms with Crippen LogP contribution in [0, 0.1) is 0 Å². The molecule has 0 radical (unpaired) electrons. The van der Waals surface area contributed by atoms with Crippen LogP contribution in [0.2, 0.25) is 0 Å². The second kappa shape index (κ2) is 9.43. The topological polar surface area (TPSA) is 57.2 Å². The fraction of sp³-hybridized carbons (Fsp3) is 1.00. The maximum absolute atomic E-state index is 13.5. The minimum absolute atomic E-state index is 0. The smallest absolute Gasteiger partial charge is 0.743 e. The molecule has 0 aromatic heterocycles. The summed E-state index contributed by atoms with van der Waals surface area (Å²) in [5.74, 6) is -69.0. The van der Waals surface area contributed by atoms with Crippen molar-refractivity contribution in [2.24, 2.45) is 0 Å². The van der Waals surface area contributed by atoms with Crippen LogP contribution < -0.4 is 18.9 Å². The molecule has 0 spiro atoms. The normalized spacial score (nSPS) is 17.0. The molecule has 0 bridgehead atoms. The molecule has 0 rings (SSSR count). The molecule has 0 aliphatic carbocycles. The van der Waals surface area contributed by atoms with Gasteiger partial charge in [-0.25, -0.2) is 12.8 Å². The van der Waals surface area contributed by atoms with Gasteiger partial charge < -0.3 is 4.55 Å². The van der Waals surface area contributed by atoms with Crippen LogP contribution in [-0.2, 0) is 10.1 Å². The molecule has 36 heavy (non-hydrogen) atoms. The fourth-order valence-corrected chi connectivity index (χ4v) is 2.43. The van der Waals surface area contributed by atoms with Gasteiger partial charge in [0.15, 0.2) is 16.3 Å². The van der Waals surface area contributed by atoms with E-state index in [0.717, 1.165) is 0 Å². The van der Waals surface area contributed by atoms with Crippen LogP contribution in [0.4, 0.5) is 83.4 Å². The van der Waals surface area contributed by atoms with Crippen LogP contribution in [0.5, 0.6) is 0 Å². The summed E-state index contributed by atoms with van der Waals surface area (Å²) in [5, 5.41) is -8.07. The Labute approximate surface area is 198 Å². The SMILES string of the molecule is CCC(F)C(F)(F)C(F)(F)C(F)(F)C(F)(F)C(F)(F)C(F)(F)C(F)(F)C(F)(F)C(F)(F)S(=O)(=O)[O-].[Li+]. The van der Waals surface area contributed by atoms with E-state index in [1.807, 2.05) is 0 Å². The fourth-order valence-electron chi connectivity index (χ4n) is 1.99. The van der Waals surface area contributed by atoms with Crippen molar-refractivity contribution < 1.29 is 115 Å². The average molecular weight is 598 g/mol. The van der Waals surface area contributed by atoms with Gasteiger partial charge in [-0.1, -0.05) is 6.92 Å². The van der Waals surface area contributed by atoms with Gasteiger partial charge in [-0.15, -0.1) is 0 Å². The van der Waals surface area contributed by atoms with Gasteiger partial charge in [0.25, 0.3) is 0 Å². The van der Waals surface area contributed by atoms with E-state index in [9.17, 15) is 96.4 Å². The molecule has 0 aromatic carbocycles. The summed E-state index contributed by atoms with van der Waals surface area (Å²) in [6, 6.07) is 0. The molecule has 0 saturated heterocycles. The number of hydrogen-bond donors (Lipinski definition) is 0. The van der Waals surface area contributed by atoms with Crippen LogP contribution in [0.1, 0.15) is 13.3 Å². The molecule has 0 aliphatic rings. The number of hydrogen-bond acceptors (Lipinski definition) is 3. The van der Waals surface area contributed by atoms with Gasteiger partial charge in [0.05, 0.1) is 0 Å². The van der Waals surface area contributed by atoms with Crippen LogP contribution in [0.25, 0.3) is 0 Å². The van der Waals surface area contributed by atoms with Gasteiger partial charge in [0, 0.05) is 0 Å². The van der Waals surface area contributed by atoms with E-state index in [1.165, 1.54) is 0 Å². The van der Waals surface area contributed by atoms with Crippen molar-refractivity contribution in [1.29, 1.82) is 0 Å². The summed E-state index contributed by atoms with van der Waals surface area (Å²) >= 11 is 0. The van der Waals surface area contributed by atoms with E-state index in [0.29, 0.717) is 0 Å². The van der Waals surface area contributed by atoms with E-state index in [-0.39, 0.29) is 25.8 Å². The monoisotopic (exact) mass is 598 g/mol. The Bertz CT molecular complexity index is 899. The van der Waals surface area contributed by atoms with Gasteiger partial charge in [-0.3, -0.25) is 0 Å². The van der Waals surface area contributed by atoms with Crippen LogP contribution in [-0.4, -0.2) is 71.8 Å². The summed E-state index contributed by atoms with van der Waals surface area (Å²) in [6.45, 7) is 0.139. The van der Waals surface area contributed by atoms with Crippen molar-refractivity contribution >= 4 is 10.1 Å². The maximum atomic E-state index is 13.5. The maximum Gasteiger partial charge on any atom is 1.00 e. The van der Waals surface area contributed by atoms with Crippen molar-refractivity contribution in [2.45, 2.75) is 72.2 Å². The molecule has 3 nitrogen and oxygen atoms in total. The molecule has 0 saturated carbocycles. The molecule has 212 valence electrons. The first-order valence-corrected chi connectivity index (χ1v) is 9.14. The number of halogens is 19. The number of rotatable bonds is 11. The van der Waals surface area contributed by atoms with Crippen molar-refractivity contribution in [1.82, 2.24) is 0 Å². The van der Waals surface area contributed by atoms with Crippen LogP contribution >= 0.6 is 0 Å². The zero-order valence-corrected chi connectivity index (χ0v) is 17.4. The Morgan fingerprint density at radius 1 is 0.556 bits per heavy atom. The molecule has 1 atom stereocenters. The third kappa shape index (κ3) is 4.42. The molecule has 0 aliphatic heterocycles. The molecule has 0 amide bonds. The van der Waals surface area contributed by atoms with Gasteiger partial charge >= 0.3 is 71.5 Å². The second-order valence-electron chi connectivity index (χ2n) is 6.49. The molecular formula is C12H6F19LiO3S. The third-order valence-corrected chi connectivity index (χ3v) is 5.10. The second-order valence-corrected chi connectivity index (χ2v) is 7.91. The summed E-state index contributed by atoms with van der Waals surface area (Å²) in [4.78, 5) is 0. The first-order chi connectivity index (χ1) is 14.7. The standard InChI is InChI=1S/C12H7F19O3S.Li/c1-2-3(13)4(14,15)5(16,17)6(18,19)7(20,21)8(22,23)9(24,25)10(26,27)11(28,29)12(30,31)35(32,33)34;/h3H,2H2,1H3,(H,32,33,34);/q;+1/p-1. The quantitative estimate of drug-likeness (QED) is 0.209. The van der Waals surface area contributed by atoms with Crippen molar-refractivity contribution in [3.8, 4) is 0 Å². The Hall–Kier alpha value is -0.823. The zero-order valence-electron chi connectivity index (χ0n) is 16.6. The summed E-state index contributed by atoms with van der Waals surface area (Å²) in [6.07, 6.45) is -6.60. The Morgan fingerprint density at radius 2 is 0.778 bits per heavy atom. The third-order valence-electron chi connectivity index (χ3n) is 4.22. The molecule has 0 heterocycles. The van der Waals surface area contributed by atoms with Gasteiger partial charge in [0.2, 0.25) is 0 Å². The first kappa shape index (κ1) is 37.3. The predicted octanol–water partition coefficient (Wildman–Crippen LogP) is 2.96. The molecular weight excluding hydrogens is 592 g/mol. The number of alkyl halides is 19. The zero-order chi connectivity index (χ0) is 29.3. The van der Waals surface area contributed by atoms with E-state index >= 15 is 0 Å². The Balaban J connectivity index is 0. The van der Waals surface area contributed by atoms with E-state index in [4.69, 9.17) is 0 Å². The Kier molecular flexibility index (Phi) is 9.77. The van der Waals surface area contributed by atoms with Gasteiger partial charge in [-0.05, 0) is 6.42 Å². The molecule has 24 heteroatoms. The summed E-state index contributed by atoms with van der Waals surface area (Å²) in [5.41, 5.74) is 0. The van der Waals surface area contributed by atoms with Crippen molar-refractivity contribution in [2.75, 3.05) is 0 Å². The van der Waals surface area contributed by atoms with Crippen LogP contribution in [0.15, 0.2) is 0 Å². The van der Waals surface area contributed by atoms with E-state index in [1.54, 1.807) is 0 Å². The molecule has 0 fully saturated rings. The summed E-state index contributed by atoms with van der Waals surface area (Å²) < 4.78 is 282. The van der Waals surface area contributed by atoms with Crippen molar-refractivity contribution in [3.63, 3.8) is 0 Å². The summed E-state index contributed by atoms with van der Waals surface area (Å²) in [7, 11) is -8.26. The minimum Gasteiger partial charge on any atom is -0.743 e. The van der Waals surface area contributed by atoms with Gasteiger partial charge in [-0.2, -0.15) is 79.0 Å². The van der Waals surface area contributed by atoms with Crippen LogP contribution in [0.3, 0.4) is 0 Å². The molecule has 0 N–H and O–H groups in total. The first-order valence-electron chi connectivity index (χ1n) is 7.73. The van der Waals surface area contributed by atoms with E-state index in [2.05, 4.69) is 0 Å². The Morgan fingerprint density at radius 3 is 1.00 bits per heavy atom.